The molecule has 31 heavy (non-hydrogen) atoms. The first-order chi connectivity index (χ1) is 15.1. The van der Waals surface area contributed by atoms with Gasteiger partial charge in [0, 0.05) is 19.0 Å². The lowest BCUT2D eigenvalue weighted by atomic mass is 10.0. The molecule has 0 aliphatic heterocycles. The van der Waals surface area contributed by atoms with Gasteiger partial charge < -0.3 is 25.8 Å². The van der Waals surface area contributed by atoms with Gasteiger partial charge >= 0.3 is 0 Å². The van der Waals surface area contributed by atoms with Gasteiger partial charge in [0.2, 0.25) is 11.8 Å². The molecule has 0 aromatic rings. The van der Waals surface area contributed by atoms with Crippen LogP contribution in [0.3, 0.4) is 0 Å². The fourth-order valence-electron chi connectivity index (χ4n) is 3.25. The number of rotatable bonds is 23. The van der Waals surface area contributed by atoms with E-state index >= 15 is 0 Å². The van der Waals surface area contributed by atoms with Gasteiger partial charge in [-0.15, -0.1) is 0 Å². The number of nitrogens with two attached hydrogens (primary N) is 1. The number of nitrogens with one attached hydrogen (secondary N) is 2. The average molecular weight is 444 g/mol. The van der Waals surface area contributed by atoms with Crippen molar-refractivity contribution in [1.29, 1.82) is 0 Å². The second-order valence-corrected chi connectivity index (χ2v) is 8.32. The zero-order valence-corrected chi connectivity index (χ0v) is 20.2. The van der Waals surface area contributed by atoms with Crippen molar-refractivity contribution in [2.45, 2.75) is 90.9 Å². The SMILES string of the molecule is CCCCCCCCCCCNC(=O)COCCOCCNC(=O)C(C)CCCCN. The fraction of sp³-hybridized carbons (Fsp3) is 0.917. The van der Waals surface area contributed by atoms with Crippen LogP contribution in [0.5, 0.6) is 0 Å². The van der Waals surface area contributed by atoms with E-state index in [0.29, 0.717) is 32.9 Å². The number of unbranched alkanes of at least 4 members (excludes halogenated alkanes) is 9. The quantitative estimate of drug-likeness (QED) is 0.210. The summed E-state index contributed by atoms with van der Waals surface area (Å²) in [7, 11) is 0. The van der Waals surface area contributed by atoms with E-state index in [0.717, 1.165) is 32.2 Å². The monoisotopic (exact) mass is 443 g/mol. The molecule has 1 unspecified atom stereocenters. The Morgan fingerprint density at radius 1 is 0.774 bits per heavy atom. The molecule has 0 saturated carbocycles. The third kappa shape index (κ3) is 21.8. The normalized spacial score (nSPS) is 12.0. The zero-order valence-electron chi connectivity index (χ0n) is 20.2. The molecular formula is C24H49N3O4. The Hall–Kier alpha value is -1.18. The lowest BCUT2D eigenvalue weighted by molar-refractivity contribution is -0.127. The second-order valence-electron chi connectivity index (χ2n) is 8.32. The molecule has 0 aliphatic carbocycles. The van der Waals surface area contributed by atoms with E-state index in [1.54, 1.807) is 0 Å². The number of carbonyl (C=O) groups is 2. The number of ether oxygens (including phenoxy) is 2. The van der Waals surface area contributed by atoms with Crippen LogP contribution in [0.1, 0.15) is 90.9 Å². The smallest absolute Gasteiger partial charge is 0.245 e. The Morgan fingerprint density at radius 2 is 1.42 bits per heavy atom. The van der Waals surface area contributed by atoms with Crippen LogP contribution in [-0.2, 0) is 19.1 Å². The number of amides is 2. The summed E-state index contributed by atoms with van der Waals surface area (Å²) >= 11 is 0. The summed E-state index contributed by atoms with van der Waals surface area (Å²) in [6, 6.07) is 0. The summed E-state index contributed by atoms with van der Waals surface area (Å²) in [5.41, 5.74) is 5.46. The highest BCUT2D eigenvalue weighted by Gasteiger charge is 2.11. The van der Waals surface area contributed by atoms with Crippen molar-refractivity contribution in [3.8, 4) is 0 Å². The molecule has 0 heterocycles. The van der Waals surface area contributed by atoms with Gasteiger partial charge in [0.15, 0.2) is 0 Å². The molecule has 0 rings (SSSR count). The third-order valence-corrected chi connectivity index (χ3v) is 5.29. The van der Waals surface area contributed by atoms with Crippen LogP contribution in [0.4, 0.5) is 0 Å². The van der Waals surface area contributed by atoms with E-state index in [9.17, 15) is 9.59 Å². The maximum absolute atomic E-state index is 11.9. The van der Waals surface area contributed by atoms with E-state index in [1.807, 2.05) is 6.92 Å². The molecule has 0 aromatic carbocycles. The predicted octanol–water partition coefficient (Wildman–Crippen LogP) is 3.55. The molecule has 0 spiro atoms. The van der Waals surface area contributed by atoms with Crippen molar-refractivity contribution in [2.24, 2.45) is 11.7 Å². The van der Waals surface area contributed by atoms with Crippen LogP contribution < -0.4 is 16.4 Å². The molecule has 0 aromatic heterocycles. The number of hydrogen-bond acceptors (Lipinski definition) is 5. The maximum Gasteiger partial charge on any atom is 0.245 e. The molecule has 2 amide bonds. The summed E-state index contributed by atoms with van der Waals surface area (Å²) in [6.45, 7) is 7.34. The van der Waals surface area contributed by atoms with Gasteiger partial charge in [0.05, 0.1) is 19.8 Å². The lowest BCUT2D eigenvalue weighted by Gasteiger charge is -2.12. The van der Waals surface area contributed by atoms with Crippen LogP contribution in [0.2, 0.25) is 0 Å². The first kappa shape index (κ1) is 29.8. The molecule has 4 N–H and O–H groups in total. The van der Waals surface area contributed by atoms with Gasteiger partial charge in [-0.25, -0.2) is 0 Å². The van der Waals surface area contributed by atoms with Crippen molar-refractivity contribution < 1.29 is 19.1 Å². The molecular weight excluding hydrogens is 394 g/mol. The summed E-state index contributed by atoms with van der Waals surface area (Å²) in [5.74, 6) is -0.0140. The molecule has 7 heteroatoms. The van der Waals surface area contributed by atoms with E-state index in [4.69, 9.17) is 15.2 Å². The van der Waals surface area contributed by atoms with Crippen LogP contribution >= 0.6 is 0 Å². The standard InChI is InChI=1S/C24H49N3O4/c1-3-4-5-6-7-8-9-10-13-16-26-23(28)21-31-20-19-30-18-17-27-24(29)22(2)14-11-12-15-25/h22H,3-21,25H2,1-2H3,(H,26,28)(H,27,29). The Bertz CT molecular complexity index is 422. The van der Waals surface area contributed by atoms with Gasteiger partial charge in [-0.1, -0.05) is 71.6 Å². The molecule has 7 nitrogen and oxygen atoms in total. The van der Waals surface area contributed by atoms with Crippen molar-refractivity contribution in [3.05, 3.63) is 0 Å². The minimum Gasteiger partial charge on any atom is -0.377 e. The first-order valence-corrected chi connectivity index (χ1v) is 12.5. The van der Waals surface area contributed by atoms with E-state index < -0.39 is 0 Å². The second kappa shape index (κ2) is 23.5. The highest BCUT2D eigenvalue weighted by Crippen LogP contribution is 2.09. The molecule has 1 atom stereocenters. The van der Waals surface area contributed by atoms with E-state index in [1.165, 1.54) is 51.4 Å². The Balaban J connectivity index is 3.33. The minimum absolute atomic E-state index is 0.00365. The van der Waals surface area contributed by atoms with Crippen LogP contribution in [0.15, 0.2) is 0 Å². The number of hydrogen-bond donors (Lipinski definition) is 3. The van der Waals surface area contributed by atoms with Gasteiger partial charge in [-0.2, -0.15) is 0 Å². The van der Waals surface area contributed by atoms with Gasteiger partial charge in [-0.3, -0.25) is 9.59 Å². The first-order valence-electron chi connectivity index (χ1n) is 12.5. The van der Waals surface area contributed by atoms with Crippen molar-refractivity contribution >= 4 is 11.8 Å². The largest absolute Gasteiger partial charge is 0.377 e. The van der Waals surface area contributed by atoms with Crippen LogP contribution in [-0.4, -0.2) is 57.9 Å². The van der Waals surface area contributed by atoms with Crippen molar-refractivity contribution in [3.63, 3.8) is 0 Å². The van der Waals surface area contributed by atoms with Gasteiger partial charge in [-0.05, 0) is 25.8 Å². The lowest BCUT2D eigenvalue weighted by Crippen LogP contribution is -2.32. The van der Waals surface area contributed by atoms with E-state index in [2.05, 4.69) is 17.6 Å². The molecule has 0 radical (unpaired) electrons. The summed E-state index contributed by atoms with van der Waals surface area (Å²) in [6.07, 6.45) is 14.3. The van der Waals surface area contributed by atoms with Gasteiger partial charge in [0.1, 0.15) is 6.61 Å². The predicted molar refractivity (Wildman–Crippen MR) is 127 cm³/mol. The van der Waals surface area contributed by atoms with Gasteiger partial charge in [0.25, 0.3) is 0 Å². The highest BCUT2D eigenvalue weighted by atomic mass is 16.5. The topological polar surface area (TPSA) is 103 Å². The third-order valence-electron chi connectivity index (χ3n) is 5.29. The van der Waals surface area contributed by atoms with Crippen molar-refractivity contribution in [1.82, 2.24) is 10.6 Å². The Kier molecular flexibility index (Phi) is 22.6. The van der Waals surface area contributed by atoms with Crippen molar-refractivity contribution in [2.75, 3.05) is 46.1 Å². The zero-order chi connectivity index (χ0) is 23.0. The Labute approximate surface area is 190 Å². The molecule has 0 fully saturated rings. The summed E-state index contributed by atoms with van der Waals surface area (Å²) < 4.78 is 10.7. The molecule has 0 bridgehead atoms. The summed E-state index contributed by atoms with van der Waals surface area (Å²) in [4.78, 5) is 23.6. The van der Waals surface area contributed by atoms with E-state index in [-0.39, 0.29) is 24.3 Å². The molecule has 184 valence electrons. The maximum atomic E-state index is 11.9. The van der Waals surface area contributed by atoms with Crippen LogP contribution in [0, 0.1) is 5.92 Å². The van der Waals surface area contributed by atoms with Crippen LogP contribution in [0.25, 0.3) is 0 Å². The average Bonchev–Trinajstić information content (AvgIpc) is 2.76. The minimum atomic E-state index is -0.0737. The summed E-state index contributed by atoms with van der Waals surface area (Å²) in [5, 5.41) is 5.77. The molecule has 0 saturated heterocycles. The fourth-order valence-corrected chi connectivity index (χ4v) is 3.25. The highest BCUT2D eigenvalue weighted by molar-refractivity contribution is 5.78. The number of carbonyl (C=O) groups excluding carboxylic acids is 2. The molecule has 0 aliphatic rings. The Morgan fingerprint density at radius 3 is 2.10 bits per heavy atom.